The van der Waals surface area contributed by atoms with E-state index in [0.29, 0.717) is 12.8 Å². The molecule has 200 valence electrons. The molecular formula is C26H37BrN2O6S. The second-order valence-electron chi connectivity index (χ2n) is 9.65. The number of unbranched alkanes of at least 4 members (excludes halogenated alkanes) is 3. The van der Waals surface area contributed by atoms with Crippen molar-refractivity contribution in [2.75, 3.05) is 13.7 Å². The van der Waals surface area contributed by atoms with Crippen LogP contribution in [0.15, 0.2) is 46.3 Å². The van der Waals surface area contributed by atoms with Gasteiger partial charge in [0.15, 0.2) is 0 Å². The summed E-state index contributed by atoms with van der Waals surface area (Å²) in [7, 11) is 1.30. The van der Waals surface area contributed by atoms with Gasteiger partial charge < -0.3 is 23.9 Å². The van der Waals surface area contributed by atoms with Crippen molar-refractivity contribution in [2.24, 2.45) is 0 Å². The molecule has 1 aromatic rings. The normalized spacial score (nSPS) is 18.4. The highest BCUT2D eigenvalue weighted by molar-refractivity contribution is 9.10. The Balaban J connectivity index is 2.11. The molecule has 3 atom stereocenters. The van der Waals surface area contributed by atoms with Crippen LogP contribution < -0.4 is 5.32 Å². The molecule has 2 rings (SSSR count). The molecule has 0 spiro atoms. The number of halogens is 1. The first-order valence-electron chi connectivity index (χ1n) is 12.1. The number of methoxy groups -OCH3 is 1. The van der Waals surface area contributed by atoms with Crippen LogP contribution in [0.2, 0.25) is 0 Å². The number of esters is 1. The van der Waals surface area contributed by atoms with Crippen molar-refractivity contribution in [3.8, 4) is 0 Å². The largest absolute Gasteiger partial charge is 0.467 e. The third kappa shape index (κ3) is 10.1. The van der Waals surface area contributed by atoms with Crippen LogP contribution in [0.4, 0.5) is 4.79 Å². The molecule has 1 aliphatic heterocycles. The number of hydrogen-bond donors (Lipinski definition) is 1. The molecule has 1 N–H and O–H groups in total. The summed E-state index contributed by atoms with van der Waals surface area (Å²) in [5.74, 6) is -0.857. The Morgan fingerprint density at radius 2 is 1.92 bits per heavy atom. The molecule has 0 saturated carbocycles. The van der Waals surface area contributed by atoms with Gasteiger partial charge in [0.2, 0.25) is 5.91 Å². The summed E-state index contributed by atoms with van der Waals surface area (Å²) in [5, 5.41) is 2.72. The number of benzene rings is 1. The number of amides is 2. The van der Waals surface area contributed by atoms with Crippen LogP contribution in [-0.2, 0) is 23.2 Å². The Labute approximate surface area is 226 Å². The van der Waals surface area contributed by atoms with Crippen molar-refractivity contribution < 1.29 is 28.0 Å². The Kier molecular flexibility index (Phi) is 12.3. The molecule has 8 nitrogen and oxygen atoms in total. The molecule has 1 saturated heterocycles. The van der Waals surface area contributed by atoms with E-state index < -0.39 is 29.7 Å². The minimum Gasteiger partial charge on any atom is -0.467 e. The van der Waals surface area contributed by atoms with Crippen molar-refractivity contribution in [1.29, 1.82) is 0 Å². The molecule has 0 aromatic heterocycles. The summed E-state index contributed by atoms with van der Waals surface area (Å²) in [6.45, 7) is 9.23. The number of rotatable bonds is 12. The lowest BCUT2D eigenvalue weighted by Crippen LogP contribution is -2.52. The van der Waals surface area contributed by atoms with Crippen molar-refractivity contribution in [2.45, 2.75) is 88.0 Å². The van der Waals surface area contributed by atoms with E-state index in [4.69, 9.17) is 13.7 Å². The molecule has 1 heterocycles. The number of hydrogen-bond acceptors (Lipinski definition) is 7. The molecule has 0 aliphatic carbocycles. The molecule has 1 aliphatic rings. The maximum absolute atomic E-state index is 13.6. The first-order valence-corrected chi connectivity index (χ1v) is 13.6. The number of alkyl carbamates (subject to hydrolysis) is 1. The minimum absolute atomic E-state index is 0.213. The minimum atomic E-state index is -0.825. The van der Waals surface area contributed by atoms with Gasteiger partial charge in [-0.05, 0) is 64.3 Å². The van der Waals surface area contributed by atoms with Gasteiger partial charge >= 0.3 is 12.1 Å². The Morgan fingerprint density at radius 3 is 2.53 bits per heavy atom. The van der Waals surface area contributed by atoms with Crippen LogP contribution >= 0.6 is 28.0 Å². The Bertz CT molecular complexity index is 889. The Morgan fingerprint density at radius 1 is 1.22 bits per heavy atom. The highest BCUT2D eigenvalue weighted by atomic mass is 79.9. The van der Waals surface area contributed by atoms with Crippen LogP contribution in [0.5, 0.6) is 0 Å². The van der Waals surface area contributed by atoms with E-state index in [2.05, 4.69) is 27.8 Å². The highest BCUT2D eigenvalue weighted by Gasteiger charge is 2.43. The number of carbonyl (C=O) groups excluding carboxylic acids is 3. The van der Waals surface area contributed by atoms with Gasteiger partial charge in [0.1, 0.15) is 17.7 Å². The van der Waals surface area contributed by atoms with Crippen LogP contribution in [0.3, 0.4) is 0 Å². The third-order valence-electron chi connectivity index (χ3n) is 5.50. The van der Waals surface area contributed by atoms with Gasteiger partial charge in [-0.15, -0.1) is 6.58 Å². The number of nitrogens with one attached hydrogen (secondary N) is 1. The summed E-state index contributed by atoms with van der Waals surface area (Å²) in [4.78, 5) is 41.0. The van der Waals surface area contributed by atoms with Crippen molar-refractivity contribution in [3.63, 3.8) is 0 Å². The molecule has 36 heavy (non-hydrogen) atoms. The quantitative estimate of drug-likeness (QED) is 0.147. The summed E-state index contributed by atoms with van der Waals surface area (Å²) >= 11 is 4.61. The van der Waals surface area contributed by atoms with Gasteiger partial charge in [-0.25, -0.2) is 9.59 Å². The van der Waals surface area contributed by atoms with E-state index in [1.54, 1.807) is 20.8 Å². The molecule has 1 fully saturated rings. The monoisotopic (exact) mass is 584 g/mol. The predicted octanol–water partition coefficient (Wildman–Crippen LogP) is 5.65. The average molecular weight is 586 g/mol. The Hall–Kier alpha value is -2.04. The number of likely N-dealkylation sites (tertiary alicyclic amines) is 1. The lowest BCUT2D eigenvalue weighted by atomic mass is 10.1. The fourth-order valence-corrected chi connectivity index (χ4v) is 4.70. The van der Waals surface area contributed by atoms with Gasteiger partial charge in [-0.3, -0.25) is 4.79 Å². The second-order valence-corrected chi connectivity index (χ2v) is 11.4. The fraction of sp³-hybridized carbons (Fsp3) is 0.577. The first-order chi connectivity index (χ1) is 17.0. The van der Waals surface area contributed by atoms with Gasteiger partial charge in [0, 0.05) is 34.4 Å². The number of nitrogens with zero attached hydrogens (tertiary/aromatic N) is 1. The van der Waals surface area contributed by atoms with E-state index in [1.807, 2.05) is 30.3 Å². The SMILES string of the molecule is C=CCCCCC[C@H](NC(=O)OC(C)(C)C)C(=O)N1C[C@@H](OSc2ccc(Br)cc2)C[C@H]1C(=O)OC. The molecule has 0 unspecified atom stereocenters. The van der Waals surface area contributed by atoms with Crippen LogP contribution in [0.1, 0.15) is 59.3 Å². The van der Waals surface area contributed by atoms with E-state index >= 15 is 0 Å². The standard InChI is InChI=1S/C26H37BrN2O6S/c1-6-7-8-9-10-11-21(28-25(32)34-26(2,3)4)23(30)29-17-19(16-22(29)24(31)33-5)35-36-20-14-12-18(27)13-15-20/h6,12-15,19,21-22H,1,7-11,16-17H2,2-5H3,(H,28,32)/t19-,21-,22-/m0/s1. The summed E-state index contributed by atoms with van der Waals surface area (Å²) in [6.07, 6.45) is 5.02. The molecular weight excluding hydrogens is 548 g/mol. The van der Waals surface area contributed by atoms with Gasteiger partial charge in [0.25, 0.3) is 0 Å². The van der Waals surface area contributed by atoms with E-state index in [9.17, 15) is 14.4 Å². The van der Waals surface area contributed by atoms with Crippen LogP contribution in [0.25, 0.3) is 0 Å². The molecule has 2 amide bonds. The summed E-state index contributed by atoms with van der Waals surface area (Å²) < 4.78 is 17.3. The van der Waals surface area contributed by atoms with E-state index in [1.165, 1.54) is 24.1 Å². The zero-order valence-corrected chi connectivity index (χ0v) is 23.9. The second kappa shape index (κ2) is 14.6. The topological polar surface area (TPSA) is 94.2 Å². The zero-order valence-electron chi connectivity index (χ0n) is 21.5. The molecule has 0 bridgehead atoms. The molecule has 1 aromatic carbocycles. The third-order valence-corrected chi connectivity index (χ3v) is 6.86. The highest BCUT2D eigenvalue weighted by Crippen LogP contribution is 2.30. The predicted molar refractivity (Wildman–Crippen MR) is 143 cm³/mol. The fourth-order valence-electron chi connectivity index (χ4n) is 3.81. The lowest BCUT2D eigenvalue weighted by Gasteiger charge is -2.29. The lowest BCUT2D eigenvalue weighted by molar-refractivity contribution is -0.151. The summed E-state index contributed by atoms with van der Waals surface area (Å²) in [5.41, 5.74) is -0.701. The average Bonchev–Trinajstić information content (AvgIpc) is 3.25. The van der Waals surface area contributed by atoms with Crippen LogP contribution in [-0.4, -0.2) is 60.3 Å². The van der Waals surface area contributed by atoms with Gasteiger partial charge in [0.05, 0.1) is 13.2 Å². The van der Waals surface area contributed by atoms with E-state index in [0.717, 1.165) is 35.1 Å². The van der Waals surface area contributed by atoms with Crippen molar-refractivity contribution in [3.05, 3.63) is 41.4 Å². The molecule has 10 heteroatoms. The van der Waals surface area contributed by atoms with Gasteiger partial charge in [-0.1, -0.05) is 34.8 Å². The maximum Gasteiger partial charge on any atom is 0.408 e. The smallest absolute Gasteiger partial charge is 0.408 e. The first kappa shape index (κ1) is 30.2. The van der Waals surface area contributed by atoms with E-state index in [-0.39, 0.29) is 18.6 Å². The molecule has 0 radical (unpaired) electrons. The number of ether oxygens (including phenoxy) is 2. The van der Waals surface area contributed by atoms with Crippen molar-refractivity contribution >= 4 is 45.9 Å². The number of carbonyl (C=O) groups is 3. The summed E-state index contributed by atoms with van der Waals surface area (Å²) in [6, 6.07) is 6.04. The number of allylic oxidation sites excluding steroid dienone is 1. The van der Waals surface area contributed by atoms with Crippen LogP contribution in [0, 0.1) is 0 Å². The van der Waals surface area contributed by atoms with Crippen molar-refractivity contribution in [1.82, 2.24) is 10.2 Å². The van der Waals surface area contributed by atoms with Gasteiger partial charge in [-0.2, -0.15) is 0 Å². The maximum atomic E-state index is 13.6. The zero-order chi connectivity index (χ0) is 26.7.